The van der Waals surface area contributed by atoms with Gasteiger partial charge in [-0.1, -0.05) is 6.07 Å². The highest BCUT2D eigenvalue weighted by molar-refractivity contribution is 5.98. The van der Waals surface area contributed by atoms with Crippen molar-refractivity contribution in [1.82, 2.24) is 5.32 Å². The Labute approximate surface area is 137 Å². The molecule has 1 amide bonds. The average Bonchev–Trinajstić information content (AvgIpc) is 3.02. The zero-order valence-electron chi connectivity index (χ0n) is 12.8. The molecule has 0 aliphatic rings. The number of furan rings is 1. The zero-order valence-corrected chi connectivity index (χ0v) is 12.8. The van der Waals surface area contributed by atoms with E-state index in [1.807, 2.05) is 0 Å². The van der Waals surface area contributed by atoms with E-state index < -0.39 is 0 Å². The van der Waals surface area contributed by atoms with Crippen LogP contribution >= 0.6 is 0 Å². The van der Waals surface area contributed by atoms with Crippen LogP contribution in [0, 0.1) is 0 Å². The predicted molar refractivity (Wildman–Crippen MR) is 89.7 cm³/mol. The molecule has 0 bridgehead atoms. The summed E-state index contributed by atoms with van der Waals surface area (Å²) in [4.78, 5) is 11.4. The molecule has 0 saturated heterocycles. The lowest BCUT2D eigenvalue weighted by Gasteiger charge is -2.00. The summed E-state index contributed by atoms with van der Waals surface area (Å²) in [5.74, 6) is -0.361. The average molecular weight is 325 g/mol. The fraction of sp³-hybridized carbons (Fsp3) is 0.0556. The minimum absolute atomic E-state index is 0.0312. The van der Waals surface area contributed by atoms with Crippen molar-refractivity contribution < 1.29 is 24.5 Å². The van der Waals surface area contributed by atoms with E-state index in [0.717, 1.165) is 0 Å². The van der Waals surface area contributed by atoms with Crippen molar-refractivity contribution in [3.8, 4) is 28.6 Å². The van der Waals surface area contributed by atoms with E-state index in [-0.39, 0.29) is 28.7 Å². The van der Waals surface area contributed by atoms with Crippen molar-refractivity contribution in [2.45, 2.75) is 0 Å². The number of amides is 1. The molecule has 6 nitrogen and oxygen atoms in total. The molecule has 4 N–H and O–H groups in total. The van der Waals surface area contributed by atoms with Gasteiger partial charge in [0.1, 0.15) is 5.76 Å². The Morgan fingerprint density at radius 1 is 1.04 bits per heavy atom. The highest BCUT2D eigenvalue weighted by atomic mass is 16.4. The van der Waals surface area contributed by atoms with Gasteiger partial charge in [0, 0.05) is 24.1 Å². The van der Waals surface area contributed by atoms with Crippen molar-refractivity contribution in [2.24, 2.45) is 0 Å². The third-order valence-electron chi connectivity index (χ3n) is 3.62. The van der Waals surface area contributed by atoms with Crippen LogP contribution in [-0.4, -0.2) is 28.3 Å². The Bertz CT molecular complexity index is 955. The van der Waals surface area contributed by atoms with Gasteiger partial charge in [0.15, 0.2) is 22.8 Å². The first-order chi connectivity index (χ1) is 11.5. The van der Waals surface area contributed by atoms with Crippen molar-refractivity contribution in [3.05, 3.63) is 48.0 Å². The number of fused-ring (bicyclic) bond motifs is 1. The lowest BCUT2D eigenvalue weighted by atomic mass is 10.1. The van der Waals surface area contributed by atoms with Crippen LogP contribution in [0.5, 0.6) is 17.2 Å². The van der Waals surface area contributed by atoms with Crippen LogP contribution in [0.2, 0.25) is 0 Å². The molecule has 1 aromatic heterocycles. The molecule has 1 heterocycles. The van der Waals surface area contributed by atoms with Crippen molar-refractivity contribution in [2.75, 3.05) is 7.05 Å². The summed E-state index contributed by atoms with van der Waals surface area (Å²) >= 11 is 0. The lowest BCUT2D eigenvalue weighted by Crippen LogP contribution is -2.13. The molecular formula is C18H15NO5. The lowest BCUT2D eigenvalue weighted by molar-refractivity contribution is -0.115. The summed E-state index contributed by atoms with van der Waals surface area (Å²) in [6.45, 7) is 0. The number of phenols is 3. The molecule has 6 heteroatoms. The quantitative estimate of drug-likeness (QED) is 0.438. The molecule has 0 atom stereocenters. The Hall–Kier alpha value is -3.41. The molecule has 0 saturated carbocycles. The van der Waals surface area contributed by atoms with Crippen molar-refractivity contribution in [3.63, 3.8) is 0 Å². The number of hydrogen-bond acceptors (Lipinski definition) is 5. The molecule has 0 aliphatic heterocycles. The minimum atomic E-state index is -0.267. The van der Waals surface area contributed by atoms with Gasteiger partial charge in [-0.3, -0.25) is 4.79 Å². The third-order valence-corrected chi connectivity index (χ3v) is 3.62. The maximum atomic E-state index is 11.4. The van der Waals surface area contributed by atoms with Gasteiger partial charge in [-0.25, -0.2) is 0 Å². The van der Waals surface area contributed by atoms with Gasteiger partial charge >= 0.3 is 0 Å². The molecule has 3 rings (SSSR count). The van der Waals surface area contributed by atoms with Crippen molar-refractivity contribution >= 4 is 23.0 Å². The molecule has 3 aromatic rings. The van der Waals surface area contributed by atoms with Crippen LogP contribution in [0.15, 0.2) is 46.9 Å². The number of phenolic OH excluding ortho intramolecular Hbond substituents is 3. The number of likely N-dealkylation sites (N-methyl/N-ethyl adjacent to an activating group) is 1. The number of aromatic hydroxyl groups is 3. The Balaban J connectivity index is 2.12. The van der Waals surface area contributed by atoms with Crippen LogP contribution in [0.4, 0.5) is 0 Å². The summed E-state index contributed by atoms with van der Waals surface area (Å²) in [7, 11) is 1.53. The molecule has 0 aliphatic carbocycles. The van der Waals surface area contributed by atoms with E-state index in [2.05, 4.69) is 5.32 Å². The Kier molecular flexibility index (Phi) is 3.87. The van der Waals surface area contributed by atoms with E-state index in [1.54, 1.807) is 24.3 Å². The zero-order chi connectivity index (χ0) is 17.3. The van der Waals surface area contributed by atoms with Gasteiger partial charge < -0.3 is 25.1 Å². The van der Waals surface area contributed by atoms with Crippen molar-refractivity contribution in [1.29, 1.82) is 0 Å². The fourth-order valence-corrected chi connectivity index (χ4v) is 2.34. The normalized spacial score (nSPS) is 11.2. The van der Waals surface area contributed by atoms with Crippen LogP contribution in [0.25, 0.3) is 28.4 Å². The maximum absolute atomic E-state index is 11.4. The summed E-state index contributed by atoms with van der Waals surface area (Å²) in [6.07, 6.45) is 3.00. The largest absolute Gasteiger partial charge is 0.504 e. The topological polar surface area (TPSA) is 103 Å². The van der Waals surface area contributed by atoms with Gasteiger partial charge in [-0.05, 0) is 42.0 Å². The van der Waals surface area contributed by atoms with Crippen LogP contribution < -0.4 is 5.32 Å². The van der Waals surface area contributed by atoms with Crippen LogP contribution in [-0.2, 0) is 4.79 Å². The smallest absolute Gasteiger partial charge is 0.243 e. The number of benzene rings is 2. The van der Waals surface area contributed by atoms with E-state index in [4.69, 9.17) is 4.42 Å². The summed E-state index contributed by atoms with van der Waals surface area (Å²) in [5.41, 5.74) is 1.52. The monoisotopic (exact) mass is 325 g/mol. The van der Waals surface area contributed by atoms with E-state index in [1.165, 1.54) is 31.3 Å². The SMILES string of the molecule is CNC(=O)/C=C/c1ccc(O)c2oc(-c3ccc(O)c(O)c3)cc12. The number of rotatable bonds is 3. The molecule has 24 heavy (non-hydrogen) atoms. The molecule has 0 unspecified atom stereocenters. The highest BCUT2D eigenvalue weighted by Crippen LogP contribution is 2.37. The molecule has 2 aromatic carbocycles. The second-order valence-electron chi connectivity index (χ2n) is 5.18. The number of carbonyl (C=O) groups is 1. The van der Waals surface area contributed by atoms with E-state index >= 15 is 0 Å². The fourth-order valence-electron chi connectivity index (χ4n) is 2.34. The molecule has 122 valence electrons. The molecule has 0 radical (unpaired) electrons. The second-order valence-corrected chi connectivity index (χ2v) is 5.18. The second kappa shape index (κ2) is 6.00. The molecule has 0 fully saturated rings. The standard InChI is InChI=1S/C18H15NO5/c1-19-17(23)7-4-10-2-6-14(21)18-12(10)9-16(24-18)11-3-5-13(20)15(22)8-11/h2-9,20-22H,1H3,(H,19,23)/b7-4+. The van der Waals surface area contributed by atoms with Crippen LogP contribution in [0.1, 0.15) is 5.56 Å². The van der Waals surface area contributed by atoms with Gasteiger partial charge in [0.25, 0.3) is 0 Å². The number of hydrogen-bond donors (Lipinski definition) is 4. The third kappa shape index (κ3) is 2.77. The minimum Gasteiger partial charge on any atom is -0.504 e. The van der Waals surface area contributed by atoms with Gasteiger partial charge in [0.2, 0.25) is 5.91 Å². The highest BCUT2D eigenvalue weighted by Gasteiger charge is 2.13. The van der Waals surface area contributed by atoms with E-state index in [9.17, 15) is 20.1 Å². The number of carbonyl (C=O) groups excluding carboxylic acids is 1. The Morgan fingerprint density at radius 2 is 1.79 bits per heavy atom. The maximum Gasteiger partial charge on any atom is 0.243 e. The van der Waals surface area contributed by atoms with E-state index in [0.29, 0.717) is 22.3 Å². The summed E-state index contributed by atoms with van der Waals surface area (Å²) in [5, 5.41) is 32.1. The molecule has 0 spiro atoms. The summed E-state index contributed by atoms with van der Waals surface area (Å²) < 4.78 is 5.68. The predicted octanol–water partition coefficient (Wildman–Crippen LogP) is 2.98. The number of nitrogens with one attached hydrogen (secondary N) is 1. The first-order valence-corrected chi connectivity index (χ1v) is 7.17. The van der Waals surface area contributed by atoms with Gasteiger partial charge in [-0.2, -0.15) is 0 Å². The Morgan fingerprint density at radius 3 is 2.50 bits per heavy atom. The summed E-state index contributed by atoms with van der Waals surface area (Å²) in [6, 6.07) is 9.15. The van der Waals surface area contributed by atoms with Gasteiger partial charge in [-0.15, -0.1) is 0 Å². The first kappa shape index (κ1) is 15.5. The van der Waals surface area contributed by atoms with Crippen LogP contribution in [0.3, 0.4) is 0 Å². The molecular weight excluding hydrogens is 310 g/mol. The first-order valence-electron chi connectivity index (χ1n) is 7.17. The van der Waals surface area contributed by atoms with Gasteiger partial charge in [0.05, 0.1) is 0 Å².